The minimum atomic E-state index is -0.248. The van der Waals surface area contributed by atoms with Crippen LogP contribution < -0.4 is 0 Å². The van der Waals surface area contributed by atoms with E-state index >= 15 is 0 Å². The molecule has 6 nitrogen and oxygen atoms in total. The van der Waals surface area contributed by atoms with Crippen molar-refractivity contribution in [3.8, 4) is 0 Å². The first kappa shape index (κ1) is 21.9. The third kappa shape index (κ3) is 5.31. The Bertz CT molecular complexity index is 1170. The highest BCUT2D eigenvalue weighted by Gasteiger charge is 2.22. The fourth-order valence-electron chi connectivity index (χ4n) is 3.64. The second kappa shape index (κ2) is 9.47. The van der Waals surface area contributed by atoms with Crippen LogP contribution in [0.1, 0.15) is 56.3 Å². The molecule has 1 aromatic carbocycles. The number of rotatable bonds is 7. The number of hydrogen-bond acceptors (Lipinski definition) is 6. The summed E-state index contributed by atoms with van der Waals surface area (Å²) in [6.07, 6.45) is 3.01. The summed E-state index contributed by atoms with van der Waals surface area (Å²) < 4.78 is 0. The monoisotopic (exact) mass is 430 g/mol. The molecule has 6 heteroatoms. The van der Waals surface area contributed by atoms with Crippen molar-refractivity contribution in [2.75, 3.05) is 13.2 Å². The van der Waals surface area contributed by atoms with E-state index < -0.39 is 0 Å². The van der Waals surface area contributed by atoms with Crippen LogP contribution in [0.2, 0.25) is 0 Å². The lowest BCUT2D eigenvalue weighted by Gasteiger charge is -2.22. The molecule has 2 heterocycles. The van der Waals surface area contributed by atoms with Crippen molar-refractivity contribution in [2.24, 2.45) is 15.7 Å². The highest BCUT2D eigenvalue weighted by molar-refractivity contribution is 6.00. The predicted molar refractivity (Wildman–Crippen MR) is 128 cm³/mol. The first-order chi connectivity index (χ1) is 15.4. The van der Waals surface area contributed by atoms with E-state index in [4.69, 9.17) is 9.68 Å². The Balaban J connectivity index is 1.33. The van der Waals surface area contributed by atoms with Crippen molar-refractivity contribution < 1.29 is 9.68 Å². The van der Waals surface area contributed by atoms with Crippen molar-refractivity contribution >= 4 is 22.3 Å². The van der Waals surface area contributed by atoms with Crippen molar-refractivity contribution in [1.82, 2.24) is 9.97 Å². The normalized spacial score (nSPS) is 15.6. The molecule has 4 rings (SSSR count). The third-order valence-corrected chi connectivity index (χ3v) is 5.51. The molecule has 166 valence electrons. The van der Waals surface area contributed by atoms with Crippen molar-refractivity contribution in [2.45, 2.75) is 47.0 Å². The topological polar surface area (TPSA) is 69.0 Å². The lowest BCUT2D eigenvalue weighted by Crippen LogP contribution is -2.24. The van der Waals surface area contributed by atoms with Gasteiger partial charge in [-0.05, 0) is 56.9 Å². The van der Waals surface area contributed by atoms with E-state index in [0.717, 1.165) is 58.7 Å². The van der Waals surface area contributed by atoms with Crippen molar-refractivity contribution in [1.29, 1.82) is 0 Å². The molecule has 1 aliphatic rings. The average molecular weight is 431 g/mol. The Morgan fingerprint density at radius 3 is 2.66 bits per heavy atom. The number of nitrogens with zero attached hydrogens (tertiary/aromatic N) is 4. The summed E-state index contributed by atoms with van der Waals surface area (Å²) in [5.41, 5.74) is 6.41. The predicted octanol–water partition coefficient (Wildman–Crippen LogP) is 5.46. The molecule has 3 aromatic rings. The molecule has 0 unspecified atom stereocenters. The van der Waals surface area contributed by atoms with Gasteiger partial charge in [-0.3, -0.25) is 4.98 Å². The number of fused-ring (bicyclic) bond motifs is 2. The van der Waals surface area contributed by atoms with Crippen LogP contribution in [0, 0.1) is 12.3 Å². The Kier molecular flexibility index (Phi) is 6.49. The van der Waals surface area contributed by atoms with Crippen LogP contribution in [0.4, 0.5) is 0 Å². The summed E-state index contributed by atoms with van der Waals surface area (Å²) in [5.74, 6) is 0. The number of aryl methyl sites for hydroxylation is 2. The van der Waals surface area contributed by atoms with E-state index in [-0.39, 0.29) is 5.41 Å². The van der Waals surface area contributed by atoms with Crippen LogP contribution >= 0.6 is 0 Å². The molecule has 0 spiro atoms. The van der Waals surface area contributed by atoms with Gasteiger partial charge in [-0.15, -0.1) is 0 Å². The highest BCUT2D eigenvalue weighted by atomic mass is 16.6. The summed E-state index contributed by atoms with van der Waals surface area (Å²) >= 11 is 0. The van der Waals surface area contributed by atoms with Gasteiger partial charge in [-0.2, -0.15) is 0 Å². The number of pyridine rings is 2. The highest BCUT2D eigenvalue weighted by Crippen LogP contribution is 2.22. The maximum atomic E-state index is 5.73. The first-order valence-electron chi connectivity index (χ1n) is 11.1. The molecule has 0 saturated heterocycles. The molecular formula is C26H30N4O2. The number of hydrogen-bond donors (Lipinski definition) is 0. The van der Waals surface area contributed by atoms with Crippen LogP contribution in [-0.2, 0) is 16.1 Å². The molecule has 32 heavy (non-hydrogen) atoms. The number of aromatic nitrogens is 2. The van der Waals surface area contributed by atoms with Crippen LogP contribution in [0.3, 0.4) is 0 Å². The summed E-state index contributed by atoms with van der Waals surface area (Å²) in [4.78, 5) is 20.7. The SMILES string of the molecule is CC(=NOCC(C)(C)CON=C1CCCc2ccc(C)nc21)c1ccc2ccccc2n1. The average Bonchev–Trinajstić information content (AvgIpc) is 2.78. The van der Waals surface area contributed by atoms with Gasteiger partial charge in [0.2, 0.25) is 0 Å². The van der Waals surface area contributed by atoms with Gasteiger partial charge in [-0.1, -0.05) is 54.5 Å². The van der Waals surface area contributed by atoms with Gasteiger partial charge in [0.1, 0.15) is 24.6 Å². The molecule has 2 aromatic heterocycles. The second-order valence-electron chi connectivity index (χ2n) is 9.13. The molecule has 0 radical (unpaired) electrons. The molecule has 0 saturated carbocycles. The molecule has 0 N–H and O–H groups in total. The standard InChI is InChI=1S/C26H30N4O2/c1-18-12-13-21-9-7-11-24(25(21)27-18)30-32-17-26(3,4)16-31-29-19(2)22-15-14-20-8-5-6-10-23(20)28-22/h5-6,8,10,12-15H,7,9,11,16-17H2,1-4H3. The van der Waals surface area contributed by atoms with Crippen molar-refractivity contribution in [3.05, 3.63) is 71.2 Å². The van der Waals surface area contributed by atoms with Gasteiger partial charge in [-0.25, -0.2) is 4.98 Å². The van der Waals surface area contributed by atoms with E-state index in [0.29, 0.717) is 13.2 Å². The number of para-hydroxylation sites is 1. The fraction of sp³-hybridized carbons (Fsp3) is 0.385. The minimum absolute atomic E-state index is 0.248. The van der Waals surface area contributed by atoms with Gasteiger partial charge < -0.3 is 9.68 Å². The summed E-state index contributed by atoms with van der Waals surface area (Å²) in [5, 5.41) is 9.81. The quantitative estimate of drug-likeness (QED) is 0.369. The van der Waals surface area contributed by atoms with Crippen LogP contribution in [0.25, 0.3) is 10.9 Å². The zero-order chi connectivity index (χ0) is 22.6. The molecule has 0 atom stereocenters. The molecular weight excluding hydrogens is 400 g/mol. The maximum Gasteiger partial charge on any atom is 0.125 e. The lowest BCUT2D eigenvalue weighted by molar-refractivity contribution is -0.000157. The number of oxime groups is 2. The zero-order valence-electron chi connectivity index (χ0n) is 19.3. The van der Waals surface area contributed by atoms with Crippen LogP contribution in [-0.4, -0.2) is 34.6 Å². The maximum absolute atomic E-state index is 5.73. The van der Waals surface area contributed by atoms with Gasteiger partial charge in [0.25, 0.3) is 0 Å². The second-order valence-corrected chi connectivity index (χ2v) is 9.13. The van der Waals surface area contributed by atoms with E-state index in [9.17, 15) is 0 Å². The molecule has 0 bridgehead atoms. The molecule has 0 fully saturated rings. The van der Waals surface area contributed by atoms with Crippen LogP contribution in [0.15, 0.2) is 58.8 Å². The number of benzene rings is 1. The van der Waals surface area contributed by atoms with Crippen LogP contribution in [0.5, 0.6) is 0 Å². The van der Waals surface area contributed by atoms with E-state index in [1.54, 1.807) is 0 Å². The third-order valence-electron chi connectivity index (χ3n) is 5.51. The Morgan fingerprint density at radius 1 is 0.969 bits per heavy atom. The Hall–Kier alpha value is -3.28. The summed E-state index contributed by atoms with van der Waals surface area (Å²) in [6, 6.07) is 16.2. The molecule has 0 amide bonds. The van der Waals surface area contributed by atoms with Gasteiger partial charge in [0.15, 0.2) is 0 Å². The van der Waals surface area contributed by atoms with Gasteiger partial charge in [0.05, 0.1) is 16.9 Å². The zero-order valence-corrected chi connectivity index (χ0v) is 19.3. The van der Waals surface area contributed by atoms with Crippen molar-refractivity contribution in [3.63, 3.8) is 0 Å². The van der Waals surface area contributed by atoms with E-state index in [1.807, 2.05) is 50.2 Å². The van der Waals surface area contributed by atoms with E-state index in [1.165, 1.54) is 5.56 Å². The smallest absolute Gasteiger partial charge is 0.125 e. The molecule has 0 aliphatic heterocycles. The molecule has 1 aliphatic carbocycles. The Labute approximate surface area is 189 Å². The largest absolute Gasteiger partial charge is 0.395 e. The minimum Gasteiger partial charge on any atom is -0.395 e. The fourth-order valence-corrected chi connectivity index (χ4v) is 3.64. The Morgan fingerprint density at radius 2 is 1.78 bits per heavy atom. The van der Waals surface area contributed by atoms with Gasteiger partial charge >= 0.3 is 0 Å². The lowest BCUT2D eigenvalue weighted by atomic mass is 9.94. The summed E-state index contributed by atoms with van der Waals surface area (Å²) in [7, 11) is 0. The summed E-state index contributed by atoms with van der Waals surface area (Å²) in [6.45, 7) is 8.90. The first-order valence-corrected chi connectivity index (χ1v) is 11.1. The van der Waals surface area contributed by atoms with E-state index in [2.05, 4.69) is 46.3 Å². The van der Waals surface area contributed by atoms with Gasteiger partial charge in [0, 0.05) is 16.5 Å².